The van der Waals surface area contributed by atoms with E-state index < -0.39 is 5.76 Å². The van der Waals surface area contributed by atoms with E-state index in [0.29, 0.717) is 40.5 Å². The van der Waals surface area contributed by atoms with E-state index in [1.54, 1.807) is 24.3 Å². The lowest BCUT2D eigenvalue weighted by atomic mass is 10.0. The molecule has 1 aliphatic rings. The lowest BCUT2D eigenvalue weighted by Crippen LogP contribution is -2.30. The predicted molar refractivity (Wildman–Crippen MR) is 102 cm³/mol. The molecule has 0 fully saturated rings. The van der Waals surface area contributed by atoms with Gasteiger partial charge in [-0.1, -0.05) is 11.6 Å². The van der Waals surface area contributed by atoms with E-state index in [1.165, 1.54) is 16.7 Å². The van der Waals surface area contributed by atoms with Crippen LogP contribution in [0.3, 0.4) is 0 Å². The average molecular weight is 405 g/mol. The minimum absolute atomic E-state index is 0.0825. The first-order valence-corrected chi connectivity index (χ1v) is 9.39. The number of aryl methyl sites for hydroxylation is 1. The molecule has 1 aliphatic heterocycles. The Bertz CT molecular complexity index is 1090. The van der Waals surface area contributed by atoms with Crippen LogP contribution in [0.25, 0.3) is 11.1 Å². The zero-order chi connectivity index (χ0) is 19.7. The van der Waals surface area contributed by atoms with Gasteiger partial charge in [0, 0.05) is 29.6 Å². The van der Waals surface area contributed by atoms with Crippen LogP contribution in [0.15, 0.2) is 45.6 Å². The van der Waals surface area contributed by atoms with Crippen LogP contribution in [-0.4, -0.2) is 17.1 Å². The number of ether oxygens (including phenoxy) is 1. The standard InChI is InChI=1S/C20H18ClFN2O4/c21-12-3-5-16-18(10-12)28-20(26)24(16)8-7-19(25)23-15-2-1-9-27-17-6-4-13(22)11-14(15)17/h3-6,10-11,15H,1-2,7-9H2,(H,23,25). The van der Waals surface area contributed by atoms with Crippen molar-refractivity contribution in [3.05, 3.63) is 63.4 Å². The fourth-order valence-corrected chi connectivity index (χ4v) is 3.59. The summed E-state index contributed by atoms with van der Waals surface area (Å²) in [5.74, 6) is -0.575. The normalized spacial score (nSPS) is 16.3. The predicted octanol–water partition coefficient (Wildman–Crippen LogP) is 3.81. The van der Waals surface area contributed by atoms with Crippen LogP contribution in [0.1, 0.15) is 30.9 Å². The number of aromatic nitrogens is 1. The Morgan fingerprint density at radius 2 is 2.14 bits per heavy atom. The van der Waals surface area contributed by atoms with Crippen molar-refractivity contribution >= 4 is 28.6 Å². The number of oxazole rings is 1. The van der Waals surface area contributed by atoms with Crippen LogP contribution < -0.4 is 15.8 Å². The van der Waals surface area contributed by atoms with Crippen molar-refractivity contribution in [3.8, 4) is 5.75 Å². The Morgan fingerprint density at radius 1 is 1.29 bits per heavy atom. The van der Waals surface area contributed by atoms with Crippen molar-refractivity contribution in [3.63, 3.8) is 0 Å². The molecule has 1 unspecified atom stereocenters. The average Bonchev–Trinajstić information content (AvgIpc) is 2.83. The number of halogens is 2. The fraction of sp³-hybridized carbons (Fsp3) is 0.300. The summed E-state index contributed by atoms with van der Waals surface area (Å²) in [7, 11) is 0. The maximum absolute atomic E-state index is 13.7. The lowest BCUT2D eigenvalue weighted by Gasteiger charge is -2.18. The van der Waals surface area contributed by atoms with Crippen LogP contribution in [0, 0.1) is 5.82 Å². The summed E-state index contributed by atoms with van der Waals surface area (Å²) in [6, 6.07) is 8.88. The second-order valence-corrected chi connectivity index (χ2v) is 7.11. The number of rotatable bonds is 4. The molecular weight excluding hydrogens is 387 g/mol. The molecule has 2 heterocycles. The first-order valence-electron chi connectivity index (χ1n) is 9.02. The number of fused-ring (bicyclic) bond motifs is 2. The molecule has 4 rings (SSSR count). The summed E-state index contributed by atoms with van der Waals surface area (Å²) in [6.07, 6.45) is 1.47. The van der Waals surface area contributed by atoms with Crippen molar-refractivity contribution in [1.82, 2.24) is 9.88 Å². The summed E-state index contributed by atoms with van der Waals surface area (Å²) in [6.45, 7) is 0.683. The minimum Gasteiger partial charge on any atom is -0.493 e. The highest BCUT2D eigenvalue weighted by Gasteiger charge is 2.22. The van der Waals surface area contributed by atoms with E-state index in [-0.39, 0.29) is 30.7 Å². The summed E-state index contributed by atoms with van der Waals surface area (Å²) >= 11 is 5.91. The Hall–Kier alpha value is -2.80. The van der Waals surface area contributed by atoms with E-state index in [1.807, 2.05) is 0 Å². The molecule has 1 N–H and O–H groups in total. The number of carbonyl (C=O) groups excluding carboxylic acids is 1. The fourth-order valence-electron chi connectivity index (χ4n) is 3.43. The third-order valence-corrected chi connectivity index (χ3v) is 5.01. The number of hydrogen-bond donors (Lipinski definition) is 1. The van der Waals surface area contributed by atoms with Gasteiger partial charge in [0.15, 0.2) is 5.58 Å². The van der Waals surface area contributed by atoms with Crippen LogP contribution in [-0.2, 0) is 11.3 Å². The van der Waals surface area contributed by atoms with E-state index in [9.17, 15) is 14.0 Å². The van der Waals surface area contributed by atoms with E-state index in [2.05, 4.69) is 5.32 Å². The molecule has 1 amide bonds. The second-order valence-electron chi connectivity index (χ2n) is 6.67. The Labute approximate surface area is 164 Å². The van der Waals surface area contributed by atoms with Gasteiger partial charge in [-0.05, 0) is 43.2 Å². The van der Waals surface area contributed by atoms with Gasteiger partial charge < -0.3 is 14.5 Å². The van der Waals surface area contributed by atoms with Gasteiger partial charge in [-0.3, -0.25) is 9.36 Å². The third-order valence-electron chi connectivity index (χ3n) is 4.77. The maximum atomic E-state index is 13.7. The molecule has 28 heavy (non-hydrogen) atoms. The van der Waals surface area contributed by atoms with Gasteiger partial charge in [0.1, 0.15) is 11.6 Å². The molecule has 0 saturated carbocycles. The van der Waals surface area contributed by atoms with Crippen molar-refractivity contribution in [2.24, 2.45) is 0 Å². The van der Waals surface area contributed by atoms with Gasteiger partial charge in [-0.15, -0.1) is 0 Å². The third kappa shape index (κ3) is 3.75. The molecule has 1 atom stereocenters. The molecule has 2 aromatic carbocycles. The molecule has 0 aliphatic carbocycles. The summed E-state index contributed by atoms with van der Waals surface area (Å²) in [5.41, 5.74) is 1.59. The Kier molecular flexibility index (Phi) is 5.09. The molecule has 0 spiro atoms. The molecule has 3 aromatic rings. The van der Waals surface area contributed by atoms with Crippen molar-refractivity contribution in [2.75, 3.05) is 6.61 Å². The summed E-state index contributed by atoms with van der Waals surface area (Å²) < 4.78 is 25.9. The number of nitrogens with zero attached hydrogens (tertiary/aromatic N) is 1. The lowest BCUT2D eigenvalue weighted by molar-refractivity contribution is -0.122. The molecular formula is C20H18ClFN2O4. The highest BCUT2D eigenvalue weighted by molar-refractivity contribution is 6.31. The van der Waals surface area contributed by atoms with Gasteiger partial charge in [-0.25, -0.2) is 9.18 Å². The van der Waals surface area contributed by atoms with Crippen molar-refractivity contribution in [1.29, 1.82) is 0 Å². The highest BCUT2D eigenvalue weighted by Crippen LogP contribution is 2.32. The van der Waals surface area contributed by atoms with Gasteiger partial charge in [-0.2, -0.15) is 0 Å². The van der Waals surface area contributed by atoms with Crippen LogP contribution in [0.5, 0.6) is 5.75 Å². The van der Waals surface area contributed by atoms with Crippen molar-refractivity contribution < 1.29 is 18.3 Å². The maximum Gasteiger partial charge on any atom is 0.419 e. The highest BCUT2D eigenvalue weighted by atomic mass is 35.5. The zero-order valence-electron chi connectivity index (χ0n) is 14.9. The number of nitrogens with one attached hydrogen (secondary N) is 1. The second kappa shape index (κ2) is 7.67. The number of benzene rings is 2. The SMILES string of the molecule is O=C(CCn1c(=O)oc2cc(Cl)ccc21)NC1CCCOc2ccc(F)cc21. The van der Waals surface area contributed by atoms with Crippen LogP contribution >= 0.6 is 11.6 Å². The summed E-state index contributed by atoms with van der Waals surface area (Å²) in [4.78, 5) is 24.6. The molecule has 146 valence electrons. The monoisotopic (exact) mass is 404 g/mol. The van der Waals surface area contributed by atoms with Gasteiger partial charge >= 0.3 is 5.76 Å². The van der Waals surface area contributed by atoms with Crippen molar-refractivity contribution in [2.45, 2.75) is 31.8 Å². The number of hydrogen-bond acceptors (Lipinski definition) is 4. The first kappa shape index (κ1) is 18.6. The molecule has 0 saturated heterocycles. The van der Waals surface area contributed by atoms with Crippen LogP contribution in [0.4, 0.5) is 4.39 Å². The molecule has 8 heteroatoms. The minimum atomic E-state index is -0.541. The number of carbonyl (C=O) groups is 1. The zero-order valence-corrected chi connectivity index (χ0v) is 15.7. The van der Waals surface area contributed by atoms with E-state index >= 15 is 0 Å². The van der Waals surface area contributed by atoms with Gasteiger partial charge in [0.05, 0.1) is 18.2 Å². The largest absolute Gasteiger partial charge is 0.493 e. The summed E-state index contributed by atoms with van der Waals surface area (Å²) in [5, 5.41) is 3.39. The number of amides is 1. The quantitative estimate of drug-likeness (QED) is 0.717. The Balaban J connectivity index is 1.48. The molecule has 1 aromatic heterocycles. The van der Waals surface area contributed by atoms with Gasteiger partial charge in [0.25, 0.3) is 0 Å². The molecule has 6 nitrogen and oxygen atoms in total. The van der Waals surface area contributed by atoms with Crippen LogP contribution in [0.2, 0.25) is 5.02 Å². The van der Waals surface area contributed by atoms with E-state index in [0.717, 1.165) is 6.42 Å². The topological polar surface area (TPSA) is 73.5 Å². The van der Waals surface area contributed by atoms with Gasteiger partial charge in [0.2, 0.25) is 5.91 Å². The molecule has 0 bridgehead atoms. The Morgan fingerprint density at radius 3 is 3.00 bits per heavy atom. The molecule has 0 radical (unpaired) electrons. The van der Waals surface area contributed by atoms with E-state index in [4.69, 9.17) is 20.8 Å². The smallest absolute Gasteiger partial charge is 0.419 e. The first-order chi connectivity index (χ1) is 13.5.